The molecule has 1 amide bonds. The van der Waals surface area contributed by atoms with E-state index in [1.807, 2.05) is 35.1 Å². The minimum absolute atomic E-state index is 0.0326. The van der Waals surface area contributed by atoms with Crippen molar-refractivity contribution in [3.8, 4) is 0 Å². The van der Waals surface area contributed by atoms with Gasteiger partial charge in [-0.2, -0.15) is 0 Å². The standard InChI is InChI=1S/C15H16N2O3S/c16-14(11-12-7-3-1-4-8-12)15(18)17-21(19,20)13-9-5-2-6-10-13/h1-10,14H,11,16H2,(H,17,18)/t14-/m1/s1. The maximum Gasteiger partial charge on any atom is 0.264 e. The zero-order chi connectivity index (χ0) is 15.3. The third-order valence-corrected chi connectivity index (χ3v) is 4.29. The molecule has 110 valence electrons. The lowest BCUT2D eigenvalue weighted by Gasteiger charge is -2.12. The van der Waals surface area contributed by atoms with E-state index >= 15 is 0 Å². The van der Waals surface area contributed by atoms with E-state index in [2.05, 4.69) is 0 Å². The second-order valence-electron chi connectivity index (χ2n) is 4.58. The average Bonchev–Trinajstić information content (AvgIpc) is 2.48. The van der Waals surface area contributed by atoms with Gasteiger partial charge in [-0.3, -0.25) is 4.79 Å². The Morgan fingerprint density at radius 2 is 1.52 bits per heavy atom. The molecule has 2 rings (SSSR count). The van der Waals surface area contributed by atoms with Crippen molar-refractivity contribution in [2.24, 2.45) is 5.73 Å². The van der Waals surface area contributed by atoms with Crippen LogP contribution < -0.4 is 10.5 Å². The fourth-order valence-corrected chi connectivity index (χ4v) is 2.88. The SMILES string of the molecule is N[C@H](Cc1ccccc1)C(=O)NS(=O)(=O)c1ccccc1. The normalized spacial score (nSPS) is 12.6. The Bertz CT molecular complexity index is 700. The molecule has 0 saturated carbocycles. The summed E-state index contributed by atoms with van der Waals surface area (Å²) in [5.41, 5.74) is 6.63. The molecule has 21 heavy (non-hydrogen) atoms. The summed E-state index contributed by atoms with van der Waals surface area (Å²) < 4.78 is 26.0. The molecular formula is C15H16N2O3S. The third kappa shape index (κ3) is 4.14. The van der Waals surface area contributed by atoms with Gasteiger partial charge in [0.25, 0.3) is 15.9 Å². The molecule has 0 spiro atoms. The van der Waals surface area contributed by atoms with Crippen LogP contribution in [0.1, 0.15) is 5.56 Å². The van der Waals surface area contributed by atoms with Gasteiger partial charge in [0.2, 0.25) is 0 Å². The monoisotopic (exact) mass is 304 g/mol. The van der Waals surface area contributed by atoms with Crippen LogP contribution in [0, 0.1) is 0 Å². The van der Waals surface area contributed by atoms with Crippen molar-refractivity contribution in [2.45, 2.75) is 17.4 Å². The van der Waals surface area contributed by atoms with Crippen LogP contribution in [0.15, 0.2) is 65.6 Å². The van der Waals surface area contributed by atoms with Gasteiger partial charge in [-0.25, -0.2) is 13.1 Å². The van der Waals surface area contributed by atoms with E-state index in [0.29, 0.717) is 0 Å². The average molecular weight is 304 g/mol. The summed E-state index contributed by atoms with van der Waals surface area (Å²) in [5, 5.41) is 0. The Morgan fingerprint density at radius 3 is 2.10 bits per heavy atom. The molecule has 1 atom stereocenters. The lowest BCUT2D eigenvalue weighted by atomic mass is 10.1. The largest absolute Gasteiger partial charge is 0.320 e. The van der Waals surface area contributed by atoms with Gasteiger partial charge in [0.05, 0.1) is 10.9 Å². The fraction of sp³-hybridized carbons (Fsp3) is 0.133. The Kier molecular flexibility index (Phi) is 4.72. The van der Waals surface area contributed by atoms with Gasteiger partial charge < -0.3 is 5.73 Å². The van der Waals surface area contributed by atoms with Crippen molar-refractivity contribution in [1.29, 1.82) is 0 Å². The lowest BCUT2D eigenvalue weighted by molar-refractivity contribution is -0.120. The van der Waals surface area contributed by atoms with Crippen molar-refractivity contribution in [1.82, 2.24) is 4.72 Å². The van der Waals surface area contributed by atoms with Crippen LogP contribution in [0.3, 0.4) is 0 Å². The number of carbonyl (C=O) groups is 1. The number of carbonyl (C=O) groups excluding carboxylic acids is 1. The number of nitrogens with two attached hydrogens (primary N) is 1. The van der Waals surface area contributed by atoms with Crippen molar-refractivity contribution in [3.63, 3.8) is 0 Å². The first kappa shape index (κ1) is 15.2. The molecule has 0 heterocycles. The minimum atomic E-state index is -3.88. The van der Waals surface area contributed by atoms with Crippen LogP contribution in [0.4, 0.5) is 0 Å². The number of amides is 1. The summed E-state index contributed by atoms with van der Waals surface area (Å²) in [7, 11) is -3.88. The van der Waals surface area contributed by atoms with E-state index in [4.69, 9.17) is 5.73 Å². The lowest BCUT2D eigenvalue weighted by Crippen LogP contribution is -2.44. The highest BCUT2D eigenvalue weighted by Gasteiger charge is 2.21. The van der Waals surface area contributed by atoms with E-state index in [9.17, 15) is 13.2 Å². The molecule has 0 aliphatic rings. The summed E-state index contributed by atoms with van der Waals surface area (Å²) in [6.45, 7) is 0. The van der Waals surface area contributed by atoms with E-state index in [1.165, 1.54) is 12.1 Å². The number of sulfonamides is 1. The minimum Gasteiger partial charge on any atom is -0.320 e. The third-order valence-electron chi connectivity index (χ3n) is 2.92. The molecule has 0 radical (unpaired) electrons. The first-order valence-electron chi connectivity index (χ1n) is 6.40. The van der Waals surface area contributed by atoms with Crippen LogP contribution in [0.5, 0.6) is 0 Å². The molecule has 0 aliphatic heterocycles. The second kappa shape index (κ2) is 6.51. The number of nitrogens with one attached hydrogen (secondary N) is 1. The Balaban J connectivity index is 2.04. The molecule has 0 fully saturated rings. The summed E-state index contributed by atoms with van der Waals surface area (Å²) in [6.07, 6.45) is 0.275. The Labute approximate surface area is 123 Å². The van der Waals surface area contributed by atoms with Crippen LogP contribution >= 0.6 is 0 Å². The predicted molar refractivity (Wildman–Crippen MR) is 79.9 cm³/mol. The summed E-state index contributed by atoms with van der Waals surface area (Å²) in [5.74, 6) is -0.720. The molecular weight excluding hydrogens is 288 g/mol. The number of benzene rings is 2. The molecule has 2 aromatic carbocycles. The molecule has 5 nitrogen and oxygen atoms in total. The van der Waals surface area contributed by atoms with Gasteiger partial charge in [-0.15, -0.1) is 0 Å². The molecule has 0 aliphatic carbocycles. The van der Waals surface area contributed by atoms with Gasteiger partial charge in [0.15, 0.2) is 0 Å². The Morgan fingerprint density at radius 1 is 1.00 bits per heavy atom. The van der Waals surface area contributed by atoms with E-state index in [1.54, 1.807) is 18.2 Å². The smallest absolute Gasteiger partial charge is 0.264 e. The van der Waals surface area contributed by atoms with Crippen LogP contribution in [-0.2, 0) is 21.2 Å². The van der Waals surface area contributed by atoms with E-state index in [-0.39, 0.29) is 11.3 Å². The van der Waals surface area contributed by atoms with Gasteiger partial charge in [0.1, 0.15) is 0 Å². The Hall–Kier alpha value is -2.18. The molecule has 0 aromatic heterocycles. The maximum absolute atomic E-state index is 12.0. The van der Waals surface area contributed by atoms with E-state index < -0.39 is 22.0 Å². The maximum atomic E-state index is 12.0. The summed E-state index contributed by atoms with van der Waals surface area (Å²) in [6, 6.07) is 16.0. The van der Waals surface area contributed by atoms with Crippen LogP contribution in [0.25, 0.3) is 0 Å². The van der Waals surface area contributed by atoms with Gasteiger partial charge >= 0.3 is 0 Å². The molecule has 0 bridgehead atoms. The van der Waals surface area contributed by atoms with E-state index in [0.717, 1.165) is 5.56 Å². The van der Waals surface area contributed by atoms with Crippen molar-refractivity contribution >= 4 is 15.9 Å². The molecule has 2 aromatic rings. The second-order valence-corrected chi connectivity index (χ2v) is 6.26. The van der Waals surface area contributed by atoms with Crippen molar-refractivity contribution < 1.29 is 13.2 Å². The predicted octanol–water partition coefficient (Wildman–Crippen LogP) is 1.06. The molecule has 0 unspecified atom stereocenters. The zero-order valence-corrected chi connectivity index (χ0v) is 12.1. The highest BCUT2D eigenvalue weighted by Crippen LogP contribution is 2.08. The zero-order valence-electron chi connectivity index (χ0n) is 11.3. The van der Waals surface area contributed by atoms with Gasteiger partial charge in [0, 0.05) is 0 Å². The van der Waals surface area contributed by atoms with Crippen LogP contribution in [-0.4, -0.2) is 20.4 Å². The highest BCUT2D eigenvalue weighted by atomic mass is 32.2. The van der Waals surface area contributed by atoms with Crippen molar-refractivity contribution in [3.05, 3.63) is 66.2 Å². The summed E-state index contributed by atoms with van der Waals surface area (Å²) in [4.78, 5) is 12.0. The summed E-state index contributed by atoms with van der Waals surface area (Å²) >= 11 is 0. The highest BCUT2D eigenvalue weighted by molar-refractivity contribution is 7.90. The number of hydrogen-bond acceptors (Lipinski definition) is 4. The molecule has 3 N–H and O–H groups in total. The van der Waals surface area contributed by atoms with Gasteiger partial charge in [-0.1, -0.05) is 48.5 Å². The first-order valence-corrected chi connectivity index (χ1v) is 7.88. The fourth-order valence-electron chi connectivity index (χ4n) is 1.83. The first-order chi connectivity index (χ1) is 9.99. The van der Waals surface area contributed by atoms with Crippen LogP contribution in [0.2, 0.25) is 0 Å². The number of hydrogen-bond donors (Lipinski definition) is 2. The molecule has 6 heteroatoms. The van der Waals surface area contributed by atoms with Gasteiger partial charge in [-0.05, 0) is 24.1 Å². The van der Waals surface area contributed by atoms with Crippen molar-refractivity contribution in [2.75, 3.05) is 0 Å². The topological polar surface area (TPSA) is 89.3 Å². The molecule has 0 saturated heterocycles. The quantitative estimate of drug-likeness (QED) is 0.864. The number of rotatable bonds is 5.